The first-order chi connectivity index (χ1) is 4.83. The van der Waals surface area contributed by atoms with Crippen molar-refractivity contribution >= 4 is 5.97 Å². The normalized spacial score (nSPS) is 24.7. The second-order valence-corrected chi connectivity index (χ2v) is 2.18. The van der Waals surface area contributed by atoms with Crippen molar-refractivity contribution in [3.05, 3.63) is 0 Å². The number of nitrogens with two attached hydrogens (primary N) is 1. The highest BCUT2D eigenvalue weighted by Crippen LogP contribution is 2.07. The Morgan fingerprint density at radius 3 is 3.10 bits per heavy atom. The molecular weight excluding hydrogens is 134 g/mol. The first-order valence-electron chi connectivity index (χ1n) is 3.30. The summed E-state index contributed by atoms with van der Waals surface area (Å²) in [5, 5.41) is 0. The molecule has 1 atom stereocenters. The maximum Gasteiger partial charge on any atom is 0.320 e. The lowest BCUT2D eigenvalue weighted by Crippen LogP contribution is -2.23. The number of carbonyl (C=O) groups excluding carboxylic acids is 1. The Morgan fingerprint density at radius 1 is 1.80 bits per heavy atom. The average molecular weight is 145 g/mol. The molecule has 0 amide bonds. The molecule has 1 fully saturated rings. The van der Waals surface area contributed by atoms with E-state index in [0.29, 0.717) is 13.2 Å². The van der Waals surface area contributed by atoms with Crippen LogP contribution < -0.4 is 5.73 Å². The van der Waals surface area contributed by atoms with E-state index in [1.807, 2.05) is 0 Å². The summed E-state index contributed by atoms with van der Waals surface area (Å²) in [6.45, 7) is 1.16. The van der Waals surface area contributed by atoms with E-state index in [4.69, 9.17) is 15.2 Å². The molecule has 0 saturated carbocycles. The highest BCUT2D eigenvalue weighted by Gasteiger charge is 2.18. The summed E-state index contributed by atoms with van der Waals surface area (Å²) in [5.41, 5.74) is 5.03. The van der Waals surface area contributed by atoms with Gasteiger partial charge in [0.05, 0.1) is 19.8 Å². The quantitative estimate of drug-likeness (QED) is 0.521. The fourth-order valence-corrected chi connectivity index (χ4v) is 0.840. The zero-order valence-corrected chi connectivity index (χ0v) is 5.71. The molecule has 0 aromatic heterocycles. The second-order valence-electron chi connectivity index (χ2n) is 2.18. The molecule has 0 aromatic rings. The third kappa shape index (κ3) is 1.97. The Kier molecular flexibility index (Phi) is 2.65. The Hall–Kier alpha value is -0.610. The molecule has 1 rings (SSSR count). The molecule has 58 valence electrons. The van der Waals surface area contributed by atoms with Crippen LogP contribution >= 0.6 is 0 Å². The molecule has 0 aromatic carbocycles. The molecule has 0 radical (unpaired) electrons. The molecular formula is C6H11NO3. The van der Waals surface area contributed by atoms with E-state index >= 15 is 0 Å². The van der Waals surface area contributed by atoms with Crippen LogP contribution in [0.2, 0.25) is 0 Å². The van der Waals surface area contributed by atoms with Crippen molar-refractivity contribution in [3.63, 3.8) is 0 Å². The van der Waals surface area contributed by atoms with E-state index in [2.05, 4.69) is 0 Å². The third-order valence-electron chi connectivity index (χ3n) is 1.35. The van der Waals surface area contributed by atoms with Crippen molar-refractivity contribution in [2.75, 3.05) is 19.8 Å². The van der Waals surface area contributed by atoms with Crippen molar-refractivity contribution in [1.82, 2.24) is 0 Å². The summed E-state index contributed by atoms with van der Waals surface area (Å²) < 4.78 is 9.86. The smallest absolute Gasteiger partial charge is 0.320 e. The molecule has 1 aliphatic rings. The molecule has 0 unspecified atom stereocenters. The molecule has 4 nitrogen and oxygen atoms in total. The van der Waals surface area contributed by atoms with E-state index < -0.39 is 0 Å². The number of esters is 1. The molecule has 0 aliphatic carbocycles. The zero-order valence-electron chi connectivity index (χ0n) is 5.71. The Balaban J connectivity index is 2.17. The van der Waals surface area contributed by atoms with Crippen LogP contribution in [-0.4, -0.2) is 31.8 Å². The van der Waals surface area contributed by atoms with Crippen LogP contribution in [0, 0.1) is 0 Å². The van der Waals surface area contributed by atoms with Gasteiger partial charge in [0.2, 0.25) is 0 Å². The lowest BCUT2D eigenvalue weighted by Gasteiger charge is -2.07. The number of ether oxygens (including phenoxy) is 2. The van der Waals surface area contributed by atoms with Crippen molar-refractivity contribution < 1.29 is 14.3 Å². The van der Waals surface area contributed by atoms with Crippen molar-refractivity contribution in [2.24, 2.45) is 5.73 Å². The van der Waals surface area contributed by atoms with Gasteiger partial charge in [0.15, 0.2) is 0 Å². The van der Waals surface area contributed by atoms with Crippen molar-refractivity contribution in [3.8, 4) is 0 Å². The molecule has 1 heterocycles. The van der Waals surface area contributed by atoms with Gasteiger partial charge in [-0.1, -0.05) is 0 Å². The third-order valence-corrected chi connectivity index (χ3v) is 1.35. The molecule has 4 heteroatoms. The maximum atomic E-state index is 10.6. The van der Waals surface area contributed by atoms with Crippen LogP contribution in [0.25, 0.3) is 0 Å². The van der Waals surface area contributed by atoms with Crippen molar-refractivity contribution in [1.29, 1.82) is 0 Å². The standard InChI is InChI=1S/C6H11NO3/c7-3-6(8)10-5-1-2-9-4-5/h5H,1-4,7H2/t5-/m0/s1. The van der Waals surface area contributed by atoms with Gasteiger partial charge in [-0.25, -0.2) is 0 Å². The van der Waals surface area contributed by atoms with Gasteiger partial charge in [-0.05, 0) is 0 Å². The summed E-state index contributed by atoms with van der Waals surface area (Å²) >= 11 is 0. The predicted molar refractivity (Wildman–Crippen MR) is 34.4 cm³/mol. The largest absolute Gasteiger partial charge is 0.459 e. The first-order valence-corrected chi connectivity index (χ1v) is 3.30. The molecule has 1 saturated heterocycles. The number of hydrogen-bond acceptors (Lipinski definition) is 4. The molecule has 0 spiro atoms. The lowest BCUT2D eigenvalue weighted by molar-refractivity contribution is -0.147. The summed E-state index contributed by atoms with van der Waals surface area (Å²) in [7, 11) is 0. The Labute approximate surface area is 59.3 Å². The van der Waals surface area contributed by atoms with Crippen molar-refractivity contribution in [2.45, 2.75) is 12.5 Å². The maximum absolute atomic E-state index is 10.6. The van der Waals surface area contributed by atoms with Crippen LogP contribution in [-0.2, 0) is 14.3 Å². The summed E-state index contributed by atoms with van der Waals surface area (Å²) in [5.74, 6) is -0.351. The number of hydrogen-bond donors (Lipinski definition) is 1. The van der Waals surface area contributed by atoms with Gasteiger partial charge < -0.3 is 15.2 Å². The minimum atomic E-state index is -0.351. The fraction of sp³-hybridized carbons (Fsp3) is 0.833. The van der Waals surface area contributed by atoms with Gasteiger partial charge in [0.1, 0.15) is 6.10 Å². The molecule has 0 bridgehead atoms. The summed E-state index contributed by atoms with van der Waals surface area (Å²) in [4.78, 5) is 10.6. The van der Waals surface area contributed by atoms with Crippen LogP contribution in [0.1, 0.15) is 6.42 Å². The summed E-state index contributed by atoms with van der Waals surface area (Å²) in [6, 6.07) is 0. The van der Waals surface area contributed by atoms with Gasteiger partial charge >= 0.3 is 5.97 Å². The lowest BCUT2D eigenvalue weighted by atomic mass is 10.3. The van der Waals surface area contributed by atoms with E-state index in [1.165, 1.54) is 0 Å². The van der Waals surface area contributed by atoms with E-state index in [1.54, 1.807) is 0 Å². The van der Waals surface area contributed by atoms with E-state index in [9.17, 15) is 4.79 Å². The molecule has 10 heavy (non-hydrogen) atoms. The van der Waals surface area contributed by atoms with Gasteiger partial charge in [-0.15, -0.1) is 0 Å². The van der Waals surface area contributed by atoms with Gasteiger partial charge in [-0.2, -0.15) is 0 Å². The van der Waals surface area contributed by atoms with Gasteiger partial charge in [0.25, 0.3) is 0 Å². The van der Waals surface area contributed by atoms with Crippen LogP contribution in [0.15, 0.2) is 0 Å². The van der Waals surface area contributed by atoms with E-state index in [0.717, 1.165) is 6.42 Å². The highest BCUT2D eigenvalue weighted by atomic mass is 16.6. The zero-order chi connectivity index (χ0) is 7.40. The minimum absolute atomic E-state index is 0.0451. The molecule has 2 N–H and O–H groups in total. The average Bonchev–Trinajstić information content (AvgIpc) is 2.40. The number of rotatable bonds is 2. The molecule has 1 aliphatic heterocycles. The van der Waals surface area contributed by atoms with Crippen LogP contribution in [0.4, 0.5) is 0 Å². The summed E-state index contributed by atoms with van der Waals surface area (Å²) in [6.07, 6.45) is 0.738. The monoisotopic (exact) mass is 145 g/mol. The van der Waals surface area contributed by atoms with Gasteiger partial charge in [-0.3, -0.25) is 4.79 Å². The van der Waals surface area contributed by atoms with Gasteiger partial charge in [0, 0.05) is 6.42 Å². The SMILES string of the molecule is NCC(=O)O[C@H]1CCOC1. The van der Waals surface area contributed by atoms with Crippen LogP contribution in [0.3, 0.4) is 0 Å². The topological polar surface area (TPSA) is 61.6 Å². The van der Waals surface area contributed by atoms with Crippen LogP contribution in [0.5, 0.6) is 0 Å². The minimum Gasteiger partial charge on any atom is -0.459 e. The number of carbonyl (C=O) groups is 1. The predicted octanol–water partition coefficient (Wildman–Crippen LogP) is -0.723. The second kappa shape index (κ2) is 3.53. The fourth-order valence-electron chi connectivity index (χ4n) is 0.840. The Bertz CT molecular complexity index is 120. The Morgan fingerprint density at radius 2 is 2.60 bits per heavy atom. The van der Waals surface area contributed by atoms with E-state index in [-0.39, 0.29) is 18.6 Å². The first kappa shape index (κ1) is 7.50. The highest BCUT2D eigenvalue weighted by molar-refractivity contribution is 5.71.